The number of aliphatic carboxylic acids is 1. The average Bonchev–Trinajstić information content (AvgIpc) is 2.82. The number of carboxylic acid groups (broad SMARTS) is 1. The van der Waals surface area contributed by atoms with E-state index in [-0.39, 0.29) is 32.7 Å². The lowest BCUT2D eigenvalue weighted by atomic mass is 10.1. The van der Waals surface area contributed by atoms with Crippen molar-refractivity contribution in [1.29, 1.82) is 0 Å². The molecule has 0 aliphatic rings. The Balaban J connectivity index is 1.92. The third-order valence-electron chi connectivity index (χ3n) is 5.07. The van der Waals surface area contributed by atoms with Crippen LogP contribution in [0.1, 0.15) is 25.0 Å². The Morgan fingerprint density at radius 2 is 1.69 bits per heavy atom. The van der Waals surface area contributed by atoms with Gasteiger partial charge in [-0.25, -0.2) is 18.4 Å². The highest BCUT2D eigenvalue weighted by Gasteiger charge is 2.22. The van der Waals surface area contributed by atoms with E-state index in [1.165, 1.54) is 4.90 Å². The van der Waals surface area contributed by atoms with Crippen molar-refractivity contribution in [2.45, 2.75) is 39.2 Å². The molecule has 36 heavy (non-hydrogen) atoms. The maximum atomic E-state index is 13.0. The van der Waals surface area contributed by atoms with Gasteiger partial charge in [-0.1, -0.05) is 29.8 Å². The summed E-state index contributed by atoms with van der Waals surface area (Å²) in [4.78, 5) is 25.5. The number of amides is 2. The number of alkyl halides is 2. The van der Waals surface area contributed by atoms with Crippen LogP contribution < -0.4 is 10.1 Å². The van der Waals surface area contributed by atoms with Crippen LogP contribution in [0, 0.1) is 6.92 Å². The Morgan fingerprint density at radius 3 is 2.28 bits per heavy atom. The maximum Gasteiger partial charge on any atom is 0.333 e. The molecular formula is C26H34F2N2O6. The fourth-order valence-electron chi connectivity index (χ4n) is 3.21. The zero-order chi connectivity index (χ0) is 26.6. The third-order valence-corrected chi connectivity index (χ3v) is 5.07. The number of hydrogen-bond acceptors (Lipinski definition) is 5. The van der Waals surface area contributed by atoms with Gasteiger partial charge in [-0.05, 0) is 43.7 Å². The molecule has 2 rings (SSSR count). The zero-order valence-corrected chi connectivity index (χ0v) is 20.8. The molecule has 0 fully saturated rings. The Labute approximate surface area is 210 Å². The van der Waals surface area contributed by atoms with E-state index in [2.05, 4.69) is 5.32 Å². The van der Waals surface area contributed by atoms with Crippen LogP contribution in [0.4, 0.5) is 19.3 Å². The first kappa shape index (κ1) is 29.0. The van der Waals surface area contributed by atoms with Crippen molar-refractivity contribution in [3.63, 3.8) is 0 Å². The molecule has 0 heterocycles. The van der Waals surface area contributed by atoms with Crippen molar-refractivity contribution in [3.8, 4) is 5.75 Å². The molecule has 1 unspecified atom stereocenters. The molecule has 0 saturated carbocycles. The maximum absolute atomic E-state index is 13.0. The predicted molar refractivity (Wildman–Crippen MR) is 132 cm³/mol. The van der Waals surface area contributed by atoms with Crippen molar-refractivity contribution < 1.29 is 37.7 Å². The number of urea groups is 1. The Morgan fingerprint density at radius 1 is 1.06 bits per heavy atom. The molecule has 2 amide bonds. The number of aryl methyl sites for hydroxylation is 1. The summed E-state index contributed by atoms with van der Waals surface area (Å²) in [6, 6.07) is 13.8. The van der Waals surface area contributed by atoms with E-state index < -0.39 is 30.6 Å². The third kappa shape index (κ3) is 11.0. The SMILES string of the molecule is CCOC(Cc1ccc(OCCN(CCOCC(C)(F)F)C(=O)Nc2ccc(C)cc2)cc1)C(=O)O. The highest BCUT2D eigenvalue weighted by Crippen LogP contribution is 2.16. The number of carbonyl (C=O) groups is 2. The minimum atomic E-state index is -2.95. The molecule has 8 nitrogen and oxygen atoms in total. The molecule has 0 aliphatic carbocycles. The van der Waals surface area contributed by atoms with Gasteiger partial charge in [0.15, 0.2) is 6.10 Å². The predicted octanol–water partition coefficient (Wildman–Crippen LogP) is 4.61. The minimum absolute atomic E-state index is 0.0516. The number of nitrogens with one attached hydrogen (secondary N) is 1. The number of anilines is 1. The number of benzene rings is 2. The molecule has 2 N–H and O–H groups in total. The summed E-state index contributed by atoms with van der Waals surface area (Å²) in [7, 11) is 0. The van der Waals surface area contributed by atoms with E-state index >= 15 is 0 Å². The standard InChI is InChI=1S/C26H34F2N2O6/c1-4-35-23(24(31)32)17-20-7-11-22(12-8-20)36-16-14-30(13-15-34-18-26(3,27)28)25(33)29-21-9-5-19(2)6-10-21/h5-12,23H,4,13-18H2,1-3H3,(H,29,33)(H,31,32). The topological polar surface area (TPSA) is 97.3 Å². The molecule has 2 aromatic rings. The van der Waals surface area contributed by atoms with Crippen LogP contribution in [-0.4, -0.2) is 73.6 Å². The second-order valence-corrected chi connectivity index (χ2v) is 8.38. The van der Waals surface area contributed by atoms with Crippen LogP contribution in [0.25, 0.3) is 0 Å². The van der Waals surface area contributed by atoms with Crippen molar-refractivity contribution >= 4 is 17.7 Å². The van der Waals surface area contributed by atoms with Gasteiger partial charge in [0.2, 0.25) is 0 Å². The van der Waals surface area contributed by atoms with Crippen LogP contribution in [-0.2, 0) is 20.7 Å². The molecule has 0 saturated heterocycles. The average molecular weight is 509 g/mol. The van der Waals surface area contributed by atoms with Gasteiger partial charge >= 0.3 is 12.0 Å². The first-order valence-corrected chi connectivity index (χ1v) is 11.7. The molecule has 0 bridgehead atoms. The van der Waals surface area contributed by atoms with Gasteiger partial charge in [0.05, 0.1) is 13.2 Å². The minimum Gasteiger partial charge on any atom is -0.492 e. The largest absolute Gasteiger partial charge is 0.492 e. The summed E-state index contributed by atoms with van der Waals surface area (Å²) >= 11 is 0. The molecule has 0 spiro atoms. The van der Waals surface area contributed by atoms with E-state index in [4.69, 9.17) is 14.2 Å². The number of ether oxygens (including phenoxy) is 3. The number of carbonyl (C=O) groups excluding carboxylic acids is 1. The van der Waals surface area contributed by atoms with Crippen molar-refractivity contribution in [1.82, 2.24) is 4.90 Å². The van der Waals surface area contributed by atoms with Gasteiger partial charge in [0.25, 0.3) is 5.92 Å². The van der Waals surface area contributed by atoms with Crippen LogP contribution in [0.15, 0.2) is 48.5 Å². The Bertz CT molecular complexity index is 948. The first-order valence-electron chi connectivity index (χ1n) is 11.7. The van der Waals surface area contributed by atoms with E-state index in [0.29, 0.717) is 18.0 Å². The van der Waals surface area contributed by atoms with Crippen LogP contribution in [0.5, 0.6) is 5.75 Å². The quantitative estimate of drug-likeness (QED) is 0.341. The van der Waals surface area contributed by atoms with Crippen molar-refractivity contribution in [2.24, 2.45) is 0 Å². The number of carboxylic acids is 1. The summed E-state index contributed by atoms with van der Waals surface area (Å²) in [6.07, 6.45) is -0.690. The van der Waals surface area contributed by atoms with Gasteiger partial charge in [-0.3, -0.25) is 0 Å². The molecule has 0 aromatic heterocycles. The highest BCUT2D eigenvalue weighted by molar-refractivity contribution is 5.89. The van der Waals surface area contributed by atoms with Gasteiger partial charge in [-0.2, -0.15) is 0 Å². The lowest BCUT2D eigenvalue weighted by Crippen LogP contribution is -2.40. The summed E-state index contributed by atoms with van der Waals surface area (Å²) in [5.74, 6) is -3.42. The first-order chi connectivity index (χ1) is 17.1. The number of halogens is 2. The molecule has 198 valence electrons. The summed E-state index contributed by atoms with van der Waals surface area (Å²) in [5, 5.41) is 12.0. The second kappa shape index (κ2) is 14.4. The fraction of sp³-hybridized carbons (Fsp3) is 0.462. The molecule has 0 radical (unpaired) electrons. The second-order valence-electron chi connectivity index (χ2n) is 8.38. The molecular weight excluding hydrogens is 474 g/mol. The number of rotatable bonds is 15. The summed E-state index contributed by atoms with van der Waals surface area (Å²) in [5.41, 5.74) is 2.45. The van der Waals surface area contributed by atoms with E-state index in [1.807, 2.05) is 19.1 Å². The molecule has 1 atom stereocenters. The smallest absolute Gasteiger partial charge is 0.333 e. The molecule has 10 heteroatoms. The van der Waals surface area contributed by atoms with Gasteiger partial charge < -0.3 is 29.5 Å². The van der Waals surface area contributed by atoms with Crippen molar-refractivity contribution in [3.05, 3.63) is 59.7 Å². The Hall–Kier alpha value is -3.24. The van der Waals surface area contributed by atoms with Crippen molar-refractivity contribution in [2.75, 3.05) is 44.8 Å². The molecule has 0 aliphatic heterocycles. The van der Waals surface area contributed by atoms with Crippen LogP contribution in [0.3, 0.4) is 0 Å². The van der Waals surface area contributed by atoms with Gasteiger partial charge in [0, 0.05) is 32.2 Å². The van der Waals surface area contributed by atoms with E-state index in [0.717, 1.165) is 18.1 Å². The van der Waals surface area contributed by atoms with E-state index in [1.54, 1.807) is 43.3 Å². The highest BCUT2D eigenvalue weighted by atomic mass is 19.3. The van der Waals surface area contributed by atoms with Crippen LogP contribution >= 0.6 is 0 Å². The zero-order valence-electron chi connectivity index (χ0n) is 20.8. The van der Waals surface area contributed by atoms with Gasteiger partial charge in [-0.15, -0.1) is 0 Å². The summed E-state index contributed by atoms with van der Waals surface area (Å²) < 4.78 is 42.0. The monoisotopic (exact) mass is 508 g/mol. The molecule has 2 aromatic carbocycles. The number of hydrogen-bond donors (Lipinski definition) is 2. The van der Waals surface area contributed by atoms with Crippen LogP contribution in [0.2, 0.25) is 0 Å². The normalized spacial score (nSPS) is 12.1. The summed E-state index contributed by atoms with van der Waals surface area (Å²) in [6.45, 7) is 4.42. The Kier molecular flexibility index (Phi) is 11.6. The lowest BCUT2D eigenvalue weighted by Gasteiger charge is -2.23. The van der Waals surface area contributed by atoms with E-state index in [9.17, 15) is 23.5 Å². The van der Waals surface area contributed by atoms with Gasteiger partial charge in [0.1, 0.15) is 19.0 Å². The number of nitrogens with zero attached hydrogens (tertiary/aromatic N) is 1. The fourth-order valence-corrected chi connectivity index (χ4v) is 3.21. The lowest BCUT2D eigenvalue weighted by molar-refractivity contribution is -0.149.